The van der Waals surface area contributed by atoms with Gasteiger partial charge in [-0.3, -0.25) is 0 Å². The standard InChI is InChI=1S/C16H23N3O2/c1-21-14-9-7-13(8-10-14)15(18-19-16(17)20)11-12-5-3-2-4-6-12/h7-10,12H,2-6,11H2,1H3,(H3,17,19,20)/b18-15+. The van der Waals surface area contributed by atoms with Gasteiger partial charge in [0.05, 0.1) is 12.8 Å². The maximum Gasteiger partial charge on any atom is 0.332 e. The van der Waals surface area contributed by atoms with Crippen LogP contribution in [0, 0.1) is 5.92 Å². The van der Waals surface area contributed by atoms with Crippen molar-refractivity contribution in [2.24, 2.45) is 16.8 Å². The molecule has 1 aromatic rings. The molecule has 5 nitrogen and oxygen atoms in total. The van der Waals surface area contributed by atoms with E-state index in [-0.39, 0.29) is 0 Å². The highest BCUT2D eigenvalue weighted by Gasteiger charge is 2.17. The Morgan fingerprint density at radius 3 is 2.52 bits per heavy atom. The molecule has 2 rings (SSSR count). The van der Waals surface area contributed by atoms with Gasteiger partial charge in [0.25, 0.3) is 0 Å². The van der Waals surface area contributed by atoms with Crippen molar-refractivity contribution in [1.82, 2.24) is 5.43 Å². The molecule has 1 aliphatic rings. The van der Waals surface area contributed by atoms with E-state index < -0.39 is 6.03 Å². The predicted octanol–water partition coefficient (Wildman–Crippen LogP) is 3.04. The molecule has 1 aliphatic carbocycles. The topological polar surface area (TPSA) is 76.7 Å². The summed E-state index contributed by atoms with van der Waals surface area (Å²) in [5.74, 6) is 1.44. The number of benzene rings is 1. The number of ether oxygens (including phenoxy) is 1. The van der Waals surface area contributed by atoms with Crippen molar-refractivity contribution in [2.45, 2.75) is 38.5 Å². The Hall–Kier alpha value is -2.04. The lowest BCUT2D eigenvalue weighted by Crippen LogP contribution is -2.26. The van der Waals surface area contributed by atoms with E-state index in [4.69, 9.17) is 10.5 Å². The summed E-state index contributed by atoms with van der Waals surface area (Å²) in [5, 5.41) is 4.19. The van der Waals surface area contributed by atoms with E-state index in [1.807, 2.05) is 24.3 Å². The molecule has 1 aromatic carbocycles. The van der Waals surface area contributed by atoms with Crippen LogP contribution >= 0.6 is 0 Å². The lowest BCUT2D eigenvalue weighted by Gasteiger charge is -2.22. The van der Waals surface area contributed by atoms with Gasteiger partial charge in [0.2, 0.25) is 0 Å². The Bertz CT molecular complexity index is 491. The van der Waals surface area contributed by atoms with Crippen LogP contribution in [0.4, 0.5) is 4.79 Å². The largest absolute Gasteiger partial charge is 0.497 e. The van der Waals surface area contributed by atoms with E-state index in [1.54, 1.807) is 7.11 Å². The fraction of sp³-hybridized carbons (Fsp3) is 0.500. The van der Waals surface area contributed by atoms with Crippen molar-refractivity contribution < 1.29 is 9.53 Å². The zero-order valence-corrected chi connectivity index (χ0v) is 12.5. The quantitative estimate of drug-likeness (QED) is 0.645. The normalized spacial score (nSPS) is 16.5. The minimum atomic E-state index is -0.635. The Balaban J connectivity index is 2.13. The van der Waals surface area contributed by atoms with E-state index in [2.05, 4.69) is 10.5 Å². The number of methoxy groups -OCH3 is 1. The molecule has 0 radical (unpaired) electrons. The highest BCUT2D eigenvalue weighted by atomic mass is 16.5. The van der Waals surface area contributed by atoms with Crippen molar-refractivity contribution in [3.8, 4) is 5.75 Å². The minimum Gasteiger partial charge on any atom is -0.497 e. The van der Waals surface area contributed by atoms with E-state index >= 15 is 0 Å². The monoisotopic (exact) mass is 289 g/mol. The molecule has 0 aromatic heterocycles. The Kier molecular flexibility index (Phi) is 5.60. The van der Waals surface area contributed by atoms with Crippen molar-refractivity contribution in [2.75, 3.05) is 7.11 Å². The van der Waals surface area contributed by atoms with Crippen LogP contribution in [-0.4, -0.2) is 18.9 Å². The number of carbonyl (C=O) groups is 1. The van der Waals surface area contributed by atoms with Crippen LogP contribution in [0.5, 0.6) is 5.75 Å². The lowest BCUT2D eigenvalue weighted by atomic mass is 9.84. The van der Waals surface area contributed by atoms with E-state index in [9.17, 15) is 4.79 Å². The predicted molar refractivity (Wildman–Crippen MR) is 83.4 cm³/mol. The fourth-order valence-electron chi connectivity index (χ4n) is 2.80. The summed E-state index contributed by atoms with van der Waals surface area (Å²) in [7, 11) is 1.64. The van der Waals surface area contributed by atoms with Crippen LogP contribution in [0.25, 0.3) is 0 Å². The summed E-state index contributed by atoms with van der Waals surface area (Å²) >= 11 is 0. The number of carbonyl (C=O) groups excluding carboxylic acids is 1. The van der Waals surface area contributed by atoms with E-state index in [0.717, 1.165) is 23.4 Å². The molecular formula is C16H23N3O2. The molecule has 2 amide bonds. The van der Waals surface area contributed by atoms with Gasteiger partial charge in [-0.25, -0.2) is 10.2 Å². The molecule has 0 heterocycles. The number of hydrazone groups is 1. The van der Waals surface area contributed by atoms with Crippen molar-refractivity contribution >= 4 is 11.7 Å². The average molecular weight is 289 g/mol. The number of hydrogen-bond donors (Lipinski definition) is 2. The number of urea groups is 1. The Morgan fingerprint density at radius 1 is 1.29 bits per heavy atom. The molecule has 0 spiro atoms. The SMILES string of the molecule is COc1ccc(/C(CC2CCCCC2)=N/NC(N)=O)cc1. The van der Waals surface area contributed by atoms with Gasteiger partial charge < -0.3 is 10.5 Å². The van der Waals surface area contributed by atoms with Crippen LogP contribution in [0.15, 0.2) is 29.4 Å². The zero-order chi connectivity index (χ0) is 15.1. The van der Waals surface area contributed by atoms with Crippen LogP contribution in [0.1, 0.15) is 44.1 Å². The van der Waals surface area contributed by atoms with Crippen LogP contribution < -0.4 is 15.9 Å². The first-order chi connectivity index (χ1) is 10.2. The maximum absolute atomic E-state index is 10.9. The summed E-state index contributed by atoms with van der Waals surface area (Å²) in [6, 6.07) is 7.09. The third-order valence-corrected chi connectivity index (χ3v) is 3.93. The number of primary amides is 1. The second-order valence-electron chi connectivity index (χ2n) is 5.47. The van der Waals surface area contributed by atoms with Gasteiger partial charge in [0.1, 0.15) is 5.75 Å². The van der Waals surface area contributed by atoms with Crippen molar-refractivity contribution in [3.05, 3.63) is 29.8 Å². The number of hydrogen-bond acceptors (Lipinski definition) is 3. The number of rotatable bonds is 5. The van der Waals surface area contributed by atoms with E-state index in [0.29, 0.717) is 5.92 Å². The first-order valence-electron chi connectivity index (χ1n) is 7.45. The Labute approximate surface area is 125 Å². The van der Waals surface area contributed by atoms with Gasteiger partial charge in [-0.05, 0) is 42.2 Å². The van der Waals surface area contributed by atoms with Gasteiger partial charge in [0.15, 0.2) is 0 Å². The summed E-state index contributed by atoms with van der Waals surface area (Å²) < 4.78 is 5.17. The van der Waals surface area contributed by atoms with Gasteiger partial charge in [-0.2, -0.15) is 5.10 Å². The number of nitrogens with two attached hydrogens (primary N) is 1. The molecule has 1 fully saturated rings. The molecule has 0 bridgehead atoms. The number of nitrogens with zero attached hydrogens (tertiary/aromatic N) is 1. The summed E-state index contributed by atoms with van der Waals surface area (Å²) in [4.78, 5) is 10.9. The first-order valence-corrected chi connectivity index (χ1v) is 7.45. The Morgan fingerprint density at radius 2 is 1.95 bits per heavy atom. The molecule has 1 saturated carbocycles. The van der Waals surface area contributed by atoms with Crippen molar-refractivity contribution in [3.63, 3.8) is 0 Å². The minimum absolute atomic E-state index is 0.634. The third kappa shape index (κ3) is 4.77. The second kappa shape index (κ2) is 7.67. The van der Waals surface area contributed by atoms with Crippen LogP contribution in [0.2, 0.25) is 0 Å². The highest BCUT2D eigenvalue weighted by Crippen LogP contribution is 2.28. The molecule has 0 saturated heterocycles. The lowest BCUT2D eigenvalue weighted by molar-refractivity contribution is 0.249. The molecule has 0 atom stereocenters. The van der Waals surface area contributed by atoms with E-state index in [1.165, 1.54) is 32.1 Å². The van der Waals surface area contributed by atoms with Crippen LogP contribution in [0.3, 0.4) is 0 Å². The van der Waals surface area contributed by atoms with Gasteiger partial charge >= 0.3 is 6.03 Å². The van der Waals surface area contributed by atoms with Crippen molar-refractivity contribution in [1.29, 1.82) is 0 Å². The summed E-state index contributed by atoms with van der Waals surface area (Å²) in [6.07, 6.45) is 7.21. The van der Waals surface area contributed by atoms with Gasteiger partial charge in [0, 0.05) is 0 Å². The molecule has 5 heteroatoms. The van der Waals surface area contributed by atoms with Gasteiger partial charge in [-0.15, -0.1) is 0 Å². The average Bonchev–Trinajstić information content (AvgIpc) is 2.52. The van der Waals surface area contributed by atoms with Gasteiger partial charge in [-0.1, -0.05) is 32.1 Å². The first kappa shape index (κ1) is 15.4. The molecule has 114 valence electrons. The number of nitrogens with one attached hydrogen (secondary N) is 1. The number of amides is 2. The second-order valence-corrected chi connectivity index (χ2v) is 5.47. The summed E-state index contributed by atoms with van der Waals surface area (Å²) in [6.45, 7) is 0. The smallest absolute Gasteiger partial charge is 0.332 e. The third-order valence-electron chi connectivity index (χ3n) is 3.93. The molecule has 21 heavy (non-hydrogen) atoms. The summed E-state index contributed by atoms with van der Waals surface area (Å²) in [5.41, 5.74) is 9.35. The highest BCUT2D eigenvalue weighted by molar-refractivity contribution is 6.01. The zero-order valence-electron chi connectivity index (χ0n) is 12.5. The van der Waals surface area contributed by atoms with Crippen LogP contribution in [-0.2, 0) is 0 Å². The molecule has 3 N–H and O–H groups in total. The fourth-order valence-corrected chi connectivity index (χ4v) is 2.80. The molecule has 0 unspecified atom stereocenters. The molecule has 0 aliphatic heterocycles. The molecular weight excluding hydrogens is 266 g/mol. The maximum atomic E-state index is 10.9.